The largest absolute Gasteiger partial charge is 0.348 e. The zero-order valence-electron chi connectivity index (χ0n) is 13.8. The van der Waals surface area contributed by atoms with E-state index < -0.39 is 11.8 Å². The van der Waals surface area contributed by atoms with Crippen LogP contribution in [-0.4, -0.2) is 24.6 Å². The Bertz CT molecular complexity index is 528. The highest BCUT2D eigenvalue weighted by atomic mass is 16.2. The summed E-state index contributed by atoms with van der Waals surface area (Å²) in [4.78, 5) is 22.9. The van der Waals surface area contributed by atoms with Crippen LogP contribution < -0.4 is 10.7 Å². The number of carbonyl (C=O) groups excluding carboxylic acids is 2. The Morgan fingerprint density at radius 2 is 1.77 bits per heavy atom. The number of hydrazone groups is 1. The van der Waals surface area contributed by atoms with Crippen molar-refractivity contribution in [3.05, 3.63) is 35.4 Å². The average Bonchev–Trinajstić information content (AvgIpc) is 2.47. The van der Waals surface area contributed by atoms with Gasteiger partial charge in [-0.15, -0.1) is 0 Å². The third-order valence-electron chi connectivity index (χ3n) is 3.18. The molecule has 1 rings (SSSR count). The lowest BCUT2D eigenvalue weighted by Gasteiger charge is -2.18. The van der Waals surface area contributed by atoms with Gasteiger partial charge in [0, 0.05) is 6.54 Å². The summed E-state index contributed by atoms with van der Waals surface area (Å²) in [6.07, 6.45) is 3.33. The lowest BCUT2D eigenvalue weighted by atomic mass is 9.87. The molecule has 0 spiro atoms. The minimum absolute atomic E-state index is 0.0977. The van der Waals surface area contributed by atoms with Crippen LogP contribution in [0.3, 0.4) is 0 Å². The molecule has 120 valence electrons. The molecule has 0 bridgehead atoms. The fourth-order valence-electron chi connectivity index (χ4n) is 1.74. The van der Waals surface area contributed by atoms with Gasteiger partial charge in [-0.3, -0.25) is 9.59 Å². The third kappa shape index (κ3) is 6.08. The van der Waals surface area contributed by atoms with Gasteiger partial charge >= 0.3 is 11.8 Å². The number of nitrogens with one attached hydrogen (secondary N) is 2. The van der Waals surface area contributed by atoms with E-state index in [1.165, 1.54) is 11.8 Å². The summed E-state index contributed by atoms with van der Waals surface area (Å²) in [6.45, 7) is 8.95. The number of amides is 2. The molecule has 2 N–H and O–H groups in total. The monoisotopic (exact) mass is 303 g/mol. The maximum absolute atomic E-state index is 11.5. The smallest absolute Gasteiger partial charge is 0.329 e. The fraction of sp³-hybridized carbons (Fsp3) is 0.471. The zero-order valence-corrected chi connectivity index (χ0v) is 13.8. The van der Waals surface area contributed by atoms with Crippen molar-refractivity contribution in [3.8, 4) is 0 Å². The quantitative estimate of drug-likeness (QED) is 0.379. The van der Waals surface area contributed by atoms with Crippen LogP contribution in [0.2, 0.25) is 0 Å². The molecule has 0 radical (unpaired) electrons. The van der Waals surface area contributed by atoms with Crippen LogP contribution in [-0.2, 0) is 15.0 Å². The molecule has 0 atom stereocenters. The molecule has 0 heterocycles. The summed E-state index contributed by atoms with van der Waals surface area (Å²) in [6, 6.07) is 7.91. The SMILES string of the molecule is CCCCNC(=O)C(=O)N/N=C\c1ccc(C(C)(C)C)cc1. The summed E-state index contributed by atoms with van der Waals surface area (Å²) in [5.41, 5.74) is 4.41. The zero-order chi connectivity index (χ0) is 16.6. The van der Waals surface area contributed by atoms with E-state index in [9.17, 15) is 9.59 Å². The van der Waals surface area contributed by atoms with Crippen LogP contribution in [0.25, 0.3) is 0 Å². The van der Waals surface area contributed by atoms with Gasteiger partial charge in [-0.05, 0) is 23.0 Å². The van der Waals surface area contributed by atoms with Crippen LogP contribution in [0.15, 0.2) is 29.4 Å². The van der Waals surface area contributed by atoms with Crippen LogP contribution in [0, 0.1) is 0 Å². The van der Waals surface area contributed by atoms with Crippen molar-refractivity contribution in [2.75, 3.05) is 6.54 Å². The van der Waals surface area contributed by atoms with Crippen molar-refractivity contribution in [3.63, 3.8) is 0 Å². The van der Waals surface area contributed by atoms with Gasteiger partial charge in [0.1, 0.15) is 0 Å². The van der Waals surface area contributed by atoms with Crippen LogP contribution in [0.4, 0.5) is 0 Å². The third-order valence-corrected chi connectivity index (χ3v) is 3.18. The van der Waals surface area contributed by atoms with E-state index in [0.717, 1.165) is 18.4 Å². The summed E-state index contributed by atoms with van der Waals surface area (Å²) in [5.74, 6) is -1.41. The maximum Gasteiger partial charge on any atom is 0.329 e. The predicted molar refractivity (Wildman–Crippen MR) is 88.8 cm³/mol. The minimum atomic E-state index is -0.751. The van der Waals surface area contributed by atoms with Gasteiger partial charge in [0.2, 0.25) is 0 Å². The maximum atomic E-state index is 11.5. The normalized spacial score (nSPS) is 11.5. The summed E-state index contributed by atoms with van der Waals surface area (Å²) >= 11 is 0. The van der Waals surface area contributed by atoms with E-state index >= 15 is 0 Å². The molecule has 5 nitrogen and oxygen atoms in total. The Hall–Kier alpha value is -2.17. The highest BCUT2D eigenvalue weighted by Crippen LogP contribution is 2.21. The standard InChI is InChI=1S/C17H25N3O2/c1-5-6-11-18-15(21)16(22)20-19-12-13-7-9-14(10-8-13)17(2,3)4/h7-10,12H,5-6,11H2,1-4H3,(H,18,21)(H,20,22)/b19-12-. The molecule has 0 aliphatic carbocycles. The minimum Gasteiger partial charge on any atom is -0.348 e. The number of hydrogen-bond acceptors (Lipinski definition) is 3. The Balaban J connectivity index is 2.48. The molecule has 1 aromatic carbocycles. The van der Waals surface area contributed by atoms with Crippen molar-refractivity contribution < 1.29 is 9.59 Å². The molecular weight excluding hydrogens is 278 g/mol. The van der Waals surface area contributed by atoms with Gasteiger partial charge < -0.3 is 5.32 Å². The fourth-order valence-corrected chi connectivity index (χ4v) is 1.74. The topological polar surface area (TPSA) is 70.6 Å². The molecule has 0 saturated heterocycles. The number of nitrogens with zero attached hydrogens (tertiary/aromatic N) is 1. The van der Waals surface area contributed by atoms with Crippen LogP contribution >= 0.6 is 0 Å². The molecule has 0 aliphatic heterocycles. The van der Waals surface area contributed by atoms with Crippen LogP contribution in [0.5, 0.6) is 0 Å². The molecule has 2 amide bonds. The molecular formula is C17H25N3O2. The first kappa shape index (κ1) is 17.9. The van der Waals surface area contributed by atoms with Crippen molar-refractivity contribution in [1.29, 1.82) is 0 Å². The highest BCUT2D eigenvalue weighted by Gasteiger charge is 2.13. The Morgan fingerprint density at radius 1 is 1.14 bits per heavy atom. The first-order valence-electron chi connectivity index (χ1n) is 7.56. The van der Waals surface area contributed by atoms with E-state index in [0.29, 0.717) is 6.54 Å². The Morgan fingerprint density at radius 3 is 2.32 bits per heavy atom. The second-order valence-electron chi connectivity index (χ2n) is 6.18. The van der Waals surface area contributed by atoms with Gasteiger partial charge in [0.15, 0.2) is 0 Å². The van der Waals surface area contributed by atoms with Crippen molar-refractivity contribution >= 4 is 18.0 Å². The molecule has 0 unspecified atom stereocenters. The van der Waals surface area contributed by atoms with E-state index in [-0.39, 0.29) is 5.41 Å². The summed E-state index contributed by atoms with van der Waals surface area (Å²) in [5, 5.41) is 6.33. The van der Waals surface area contributed by atoms with Crippen molar-refractivity contribution in [2.24, 2.45) is 5.10 Å². The number of carbonyl (C=O) groups is 2. The lowest BCUT2D eigenvalue weighted by molar-refractivity contribution is -0.139. The van der Waals surface area contributed by atoms with E-state index in [1.807, 2.05) is 31.2 Å². The lowest BCUT2D eigenvalue weighted by Crippen LogP contribution is -2.38. The summed E-state index contributed by atoms with van der Waals surface area (Å²) in [7, 11) is 0. The molecule has 0 aliphatic rings. The first-order valence-corrected chi connectivity index (χ1v) is 7.56. The number of unbranched alkanes of at least 4 members (excludes halogenated alkanes) is 1. The molecule has 0 aromatic heterocycles. The van der Waals surface area contributed by atoms with E-state index in [2.05, 4.69) is 36.6 Å². The van der Waals surface area contributed by atoms with Crippen molar-refractivity contribution in [2.45, 2.75) is 46.0 Å². The van der Waals surface area contributed by atoms with Crippen LogP contribution in [0.1, 0.15) is 51.7 Å². The second kappa shape index (κ2) is 8.32. The molecule has 5 heteroatoms. The summed E-state index contributed by atoms with van der Waals surface area (Å²) < 4.78 is 0. The van der Waals surface area contributed by atoms with Gasteiger partial charge in [0.05, 0.1) is 6.21 Å². The molecule has 1 aromatic rings. The van der Waals surface area contributed by atoms with Gasteiger partial charge in [0.25, 0.3) is 0 Å². The van der Waals surface area contributed by atoms with E-state index in [4.69, 9.17) is 0 Å². The van der Waals surface area contributed by atoms with Gasteiger partial charge in [-0.1, -0.05) is 58.4 Å². The predicted octanol–water partition coefficient (Wildman–Crippen LogP) is 2.35. The van der Waals surface area contributed by atoms with Crippen molar-refractivity contribution in [1.82, 2.24) is 10.7 Å². The number of rotatable bonds is 5. The second-order valence-corrected chi connectivity index (χ2v) is 6.18. The molecule has 22 heavy (non-hydrogen) atoms. The Labute approximate surface area is 132 Å². The number of hydrogen-bond donors (Lipinski definition) is 2. The van der Waals surface area contributed by atoms with Gasteiger partial charge in [-0.2, -0.15) is 5.10 Å². The highest BCUT2D eigenvalue weighted by molar-refractivity contribution is 6.35. The molecule has 0 fully saturated rings. The average molecular weight is 303 g/mol. The number of benzene rings is 1. The van der Waals surface area contributed by atoms with Gasteiger partial charge in [-0.25, -0.2) is 5.43 Å². The van der Waals surface area contributed by atoms with E-state index in [1.54, 1.807) is 0 Å². The first-order chi connectivity index (χ1) is 10.3. The Kier molecular flexibility index (Phi) is 6.76. The molecule has 0 saturated carbocycles.